The van der Waals surface area contributed by atoms with Gasteiger partial charge in [-0.1, -0.05) is 17.0 Å². The second kappa shape index (κ2) is 5.30. The summed E-state index contributed by atoms with van der Waals surface area (Å²) in [6.07, 6.45) is 0. The maximum atomic E-state index is 8.07. The van der Waals surface area contributed by atoms with Crippen LogP contribution in [0.15, 0.2) is 29.4 Å². The molecule has 1 heterocycles. The van der Waals surface area contributed by atoms with Crippen LogP contribution in [0.25, 0.3) is 21.8 Å². The van der Waals surface area contributed by atoms with Crippen LogP contribution < -0.4 is 0 Å². The van der Waals surface area contributed by atoms with Gasteiger partial charge in [-0.25, -0.2) is 0 Å². The Morgan fingerprint density at radius 1 is 1.35 bits per heavy atom. The summed E-state index contributed by atoms with van der Waals surface area (Å²) in [4.78, 5) is 2.61. The van der Waals surface area contributed by atoms with E-state index in [0.29, 0.717) is 5.82 Å². The number of H-pyrrole nitrogens is 1. The highest BCUT2D eigenvalue weighted by atomic mass is 15.5. The summed E-state index contributed by atoms with van der Waals surface area (Å²) in [5.41, 5.74) is 9.77. The molecule has 0 atom stereocenters. The molecule has 1 aromatic carbocycles. The Hall–Kier alpha value is -2.84. The van der Waals surface area contributed by atoms with E-state index in [2.05, 4.69) is 42.5 Å². The van der Waals surface area contributed by atoms with Crippen molar-refractivity contribution in [3.63, 3.8) is 0 Å². The zero-order chi connectivity index (χ0) is 11.9. The van der Waals surface area contributed by atoms with Crippen molar-refractivity contribution in [1.29, 1.82) is 0 Å². The molecule has 0 saturated carbocycles. The fourth-order valence-corrected chi connectivity index (χ4v) is 1.20. The third-order valence-corrected chi connectivity index (χ3v) is 1.93. The summed E-state index contributed by atoms with van der Waals surface area (Å²) < 4.78 is 0. The second-order valence-electron chi connectivity index (χ2n) is 3.00. The third-order valence-electron chi connectivity index (χ3n) is 1.93. The van der Waals surface area contributed by atoms with Crippen LogP contribution in [0, 0.1) is 11.8 Å². The minimum Gasteiger partial charge on any atom is -0.177 e. The van der Waals surface area contributed by atoms with E-state index in [4.69, 9.17) is 5.53 Å². The summed E-state index contributed by atoms with van der Waals surface area (Å²) in [5.74, 6) is 6.15. The summed E-state index contributed by atoms with van der Waals surface area (Å²) in [6, 6.07) is 7.38. The fourth-order valence-electron chi connectivity index (χ4n) is 1.20. The SMILES string of the molecule is [N-]=[N+]=NCC#Cc1ccc(-c2nn[nH]n2)cc1. The molecule has 0 aliphatic heterocycles. The minimum absolute atomic E-state index is 0.170. The molecule has 0 bridgehead atoms. The van der Waals surface area contributed by atoms with Crippen molar-refractivity contribution in [2.45, 2.75) is 0 Å². The number of aromatic amines is 1. The number of hydrogen-bond donors (Lipinski definition) is 1. The van der Waals surface area contributed by atoms with E-state index in [1.165, 1.54) is 0 Å². The van der Waals surface area contributed by atoms with Gasteiger partial charge in [0.2, 0.25) is 5.82 Å². The number of nitrogens with one attached hydrogen (secondary N) is 1. The predicted octanol–water partition coefficient (Wildman–Crippen LogP) is 1.53. The van der Waals surface area contributed by atoms with Gasteiger partial charge in [0.1, 0.15) is 0 Å². The molecule has 0 aliphatic carbocycles. The number of tetrazole rings is 1. The van der Waals surface area contributed by atoms with Crippen LogP contribution in [0.5, 0.6) is 0 Å². The van der Waals surface area contributed by atoms with E-state index in [9.17, 15) is 0 Å². The molecular formula is C10H7N7. The molecule has 0 fully saturated rings. The first kappa shape index (κ1) is 10.7. The van der Waals surface area contributed by atoms with Gasteiger partial charge in [0.15, 0.2) is 0 Å². The van der Waals surface area contributed by atoms with Gasteiger partial charge >= 0.3 is 0 Å². The number of aromatic nitrogens is 4. The highest BCUT2D eigenvalue weighted by molar-refractivity contribution is 5.55. The van der Waals surface area contributed by atoms with Crippen LogP contribution in [-0.4, -0.2) is 27.2 Å². The van der Waals surface area contributed by atoms with Crippen LogP contribution in [0.4, 0.5) is 0 Å². The lowest BCUT2D eigenvalue weighted by atomic mass is 10.1. The number of rotatable bonds is 2. The van der Waals surface area contributed by atoms with Crippen molar-refractivity contribution < 1.29 is 0 Å². The largest absolute Gasteiger partial charge is 0.204 e. The summed E-state index contributed by atoms with van der Waals surface area (Å²) in [5, 5.41) is 16.9. The molecule has 82 valence electrons. The van der Waals surface area contributed by atoms with E-state index in [1.54, 1.807) is 0 Å². The normalized spacial score (nSPS) is 8.94. The molecule has 0 spiro atoms. The molecule has 0 radical (unpaired) electrons. The molecule has 7 nitrogen and oxygen atoms in total. The Morgan fingerprint density at radius 2 is 2.18 bits per heavy atom. The summed E-state index contributed by atoms with van der Waals surface area (Å²) in [7, 11) is 0. The standard InChI is InChI=1S/C10H7N7/c11-15-12-7-1-2-8-3-5-9(6-4-8)10-13-16-17-14-10/h3-6H,7H2,(H,13,14,16,17). The first-order valence-electron chi connectivity index (χ1n) is 4.74. The van der Waals surface area contributed by atoms with Crippen molar-refractivity contribution >= 4 is 0 Å². The first-order valence-corrected chi connectivity index (χ1v) is 4.74. The minimum atomic E-state index is 0.170. The summed E-state index contributed by atoms with van der Waals surface area (Å²) in [6.45, 7) is 0.170. The molecule has 0 amide bonds. The number of benzene rings is 1. The Morgan fingerprint density at radius 3 is 2.82 bits per heavy atom. The van der Waals surface area contributed by atoms with Crippen LogP contribution in [0.3, 0.4) is 0 Å². The topological polar surface area (TPSA) is 103 Å². The average molecular weight is 225 g/mol. The van der Waals surface area contributed by atoms with Crippen LogP contribution in [0.1, 0.15) is 5.56 Å². The van der Waals surface area contributed by atoms with Crippen molar-refractivity contribution in [3.8, 4) is 23.2 Å². The Kier molecular flexibility index (Phi) is 3.33. The lowest BCUT2D eigenvalue weighted by Crippen LogP contribution is -1.82. The monoisotopic (exact) mass is 225 g/mol. The van der Waals surface area contributed by atoms with Crippen molar-refractivity contribution in [3.05, 3.63) is 40.3 Å². The molecule has 17 heavy (non-hydrogen) atoms. The first-order chi connectivity index (χ1) is 8.40. The van der Waals surface area contributed by atoms with Gasteiger partial charge in [-0.3, -0.25) is 0 Å². The van der Waals surface area contributed by atoms with Gasteiger partial charge in [-0.15, -0.1) is 10.2 Å². The van der Waals surface area contributed by atoms with Gasteiger partial charge in [0.05, 0.1) is 6.54 Å². The van der Waals surface area contributed by atoms with Crippen LogP contribution in [-0.2, 0) is 0 Å². The Balaban J connectivity index is 2.12. The molecule has 2 aromatic rings. The van der Waals surface area contributed by atoms with E-state index in [0.717, 1.165) is 11.1 Å². The predicted molar refractivity (Wildman–Crippen MR) is 60.5 cm³/mol. The molecule has 7 heteroatoms. The van der Waals surface area contributed by atoms with Crippen molar-refractivity contribution in [2.75, 3.05) is 6.54 Å². The number of nitrogens with zero attached hydrogens (tertiary/aromatic N) is 6. The average Bonchev–Trinajstić information content (AvgIpc) is 2.89. The highest BCUT2D eigenvalue weighted by Gasteiger charge is 2.00. The quantitative estimate of drug-likeness (QED) is 0.362. The van der Waals surface area contributed by atoms with E-state index < -0.39 is 0 Å². The molecular weight excluding hydrogens is 218 g/mol. The molecule has 0 aliphatic rings. The van der Waals surface area contributed by atoms with Crippen molar-refractivity contribution in [2.24, 2.45) is 5.11 Å². The van der Waals surface area contributed by atoms with Gasteiger partial charge in [0.25, 0.3) is 0 Å². The lowest BCUT2D eigenvalue weighted by Gasteiger charge is -1.93. The van der Waals surface area contributed by atoms with Gasteiger partial charge in [0, 0.05) is 16.0 Å². The van der Waals surface area contributed by atoms with Gasteiger partial charge < -0.3 is 0 Å². The van der Waals surface area contributed by atoms with Gasteiger partial charge in [-0.05, 0) is 35.0 Å². The third kappa shape index (κ3) is 2.81. The summed E-state index contributed by atoms with van der Waals surface area (Å²) >= 11 is 0. The van der Waals surface area contributed by atoms with E-state index in [1.807, 2.05) is 24.3 Å². The maximum absolute atomic E-state index is 8.07. The molecule has 2 rings (SSSR count). The highest BCUT2D eigenvalue weighted by Crippen LogP contribution is 2.13. The van der Waals surface area contributed by atoms with E-state index in [-0.39, 0.29) is 6.54 Å². The number of hydrogen-bond acceptors (Lipinski definition) is 4. The molecule has 0 unspecified atom stereocenters. The zero-order valence-corrected chi connectivity index (χ0v) is 8.70. The molecule has 1 N–H and O–H groups in total. The molecule has 0 saturated heterocycles. The smallest absolute Gasteiger partial charge is 0.177 e. The maximum Gasteiger partial charge on any atom is 0.204 e. The van der Waals surface area contributed by atoms with Gasteiger partial charge in [-0.2, -0.15) is 5.21 Å². The van der Waals surface area contributed by atoms with E-state index >= 15 is 0 Å². The fraction of sp³-hybridized carbons (Fsp3) is 0.100. The van der Waals surface area contributed by atoms with Crippen LogP contribution >= 0.6 is 0 Å². The zero-order valence-electron chi connectivity index (χ0n) is 8.70. The lowest BCUT2D eigenvalue weighted by molar-refractivity contribution is 0.881. The second-order valence-corrected chi connectivity index (χ2v) is 3.00. The van der Waals surface area contributed by atoms with Crippen LogP contribution in [0.2, 0.25) is 0 Å². The van der Waals surface area contributed by atoms with Crippen molar-refractivity contribution in [1.82, 2.24) is 20.6 Å². The number of azide groups is 1. The Bertz CT molecular complexity index is 582. The Labute approximate surface area is 96.5 Å². The molecule has 1 aromatic heterocycles.